The smallest absolute Gasteiger partial charge is 0.269 e. The van der Waals surface area contributed by atoms with Crippen LogP contribution in [0.25, 0.3) is 0 Å². The Labute approximate surface area is 71.1 Å². The zero-order valence-corrected chi connectivity index (χ0v) is 6.96. The van der Waals surface area contributed by atoms with E-state index in [1.54, 1.807) is 0 Å². The molecule has 0 aromatic carbocycles. The number of nitrogens with two attached hydrogens (primary N) is 1. The largest absolute Gasteiger partial charge is 0.330 e. The Bertz CT molecular complexity index is 147. The molecule has 1 fully saturated rings. The summed E-state index contributed by atoms with van der Waals surface area (Å²) in [6.45, 7) is 0.617. The molecule has 0 aliphatic heterocycles. The summed E-state index contributed by atoms with van der Waals surface area (Å²) >= 11 is 0. The van der Waals surface area contributed by atoms with Crippen LogP contribution in [0.2, 0.25) is 0 Å². The molecule has 0 aromatic rings. The van der Waals surface area contributed by atoms with E-state index in [0.717, 1.165) is 6.42 Å². The molecule has 0 unspecified atom stereocenters. The van der Waals surface area contributed by atoms with Crippen molar-refractivity contribution < 1.29 is 8.78 Å². The van der Waals surface area contributed by atoms with Crippen molar-refractivity contribution in [2.24, 2.45) is 11.7 Å². The van der Waals surface area contributed by atoms with Gasteiger partial charge in [0.15, 0.2) is 0 Å². The van der Waals surface area contributed by atoms with Crippen molar-refractivity contribution in [3.8, 4) is 0 Å². The molecule has 1 saturated carbocycles. The highest BCUT2D eigenvalue weighted by atomic mass is 35.5. The van der Waals surface area contributed by atoms with Crippen LogP contribution in [0.5, 0.6) is 0 Å². The molecule has 0 amide bonds. The number of allylic oxidation sites excluding steroid dienone is 1. The normalized spacial score (nSPS) is 22.1. The van der Waals surface area contributed by atoms with Gasteiger partial charge < -0.3 is 5.73 Å². The van der Waals surface area contributed by atoms with Crippen molar-refractivity contribution in [2.75, 3.05) is 6.54 Å². The van der Waals surface area contributed by atoms with Gasteiger partial charge in [-0.1, -0.05) is 0 Å². The van der Waals surface area contributed by atoms with Crippen LogP contribution in [0, 0.1) is 5.92 Å². The van der Waals surface area contributed by atoms with Crippen molar-refractivity contribution in [2.45, 2.75) is 19.3 Å². The molecule has 0 heterocycles. The summed E-state index contributed by atoms with van der Waals surface area (Å²) in [5, 5.41) is 0. The number of halogens is 3. The third-order valence-electron chi connectivity index (χ3n) is 1.91. The number of hydrogen-bond acceptors (Lipinski definition) is 1. The molecule has 0 saturated heterocycles. The maximum Gasteiger partial charge on any atom is 0.269 e. The first-order valence-electron chi connectivity index (χ1n) is 3.47. The van der Waals surface area contributed by atoms with Crippen LogP contribution in [0.3, 0.4) is 0 Å². The van der Waals surface area contributed by atoms with Gasteiger partial charge in [0.05, 0.1) is 0 Å². The summed E-state index contributed by atoms with van der Waals surface area (Å²) in [4.78, 5) is 0. The fourth-order valence-electron chi connectivity index (χ4n) is 1.23. The van der Waals surface area contributed by atoms with E-state index >= 15 is 0 Å². The van der Waals surface area contributed by atoms with Gasteiger partial charge in [0, 0.05) is 0 Å². The molecule has 0 atom stereocenters. The molecule has 1 aliphatic carbocycles. The van der Waals surface area contributed by atoms with Crippen LogP contribution in [0.1, 0.15) is 19.3 Å². The van der Waals surface area contributed by atoms with E-state index in [4.69, 9.17) is 5.73 Å². The number of hydrogen-bond donors (Lipinski definition) is 1. The zero-order chi connectivity index (χ0) is 7.56. The Kier molecular flexibility index (Phi) is 4.61. The molecule has 2 N–H and O–H groups in total. The van der Waals surface area contributed by atoms with Crippen molar-refractivity contribution >= 4 is 12.4 Å². The molecule has 0 bridgehead atoms. The van der Waals surface area contributed by atoms with Gasteiger partial charge in [-0.25, -0.2) is 0 Å². The Hall–Kier alpha value is -0.150. The standard InChI is InChI=1S/C7H11F2N.ClH/c8-7(9)6-3-5(4-6)1-2-10;/h5H,1-4,10H2;1H. The molecular formula is C7H12ClF2N. The van der Waals surface area contributed by atoms with Gasteiger partial charge in [0.25, 0.3) is 6.08 Å². The highest BCUT2D eigenvalue weighted by molar-refractivity contribution is 5.85. The van der Waals surface area contributed by atoms with Crippen LogP contribution >= 0.6 is 12.4 Å². The summed E-state index contributed by atoms with van der Waals surface area (Å²) in [7, 11) is 0. The van der Waals surface area contributed by atoms with Crippen LogP contribution in [-0.2, 0) is 0 Å². The minimum Gasteiger partial charge on any atom is -0.330 e. The van der Waals surface area contributed by atoms with Crippen molar-refractivity contribution in [1.29, 1.82) is 0 Å². The molecule has 4 heteroatoms. The fraction of sp³-hybridized carbons (Fsp3) is 0.714. The second-order valence-corrected chi connectivity index (χ2v) is 2.72. The number of rotatable bonds is 2. The van der Waals surface area contributed by atoms with E-state index in [9.17, 15) is 8.78 Å². The average Bonchev–Trinajstić information content (AvgIpc) is 1.76. The van der Waals surface area contributed by atoms with Crippen LogP contribution in [-0.4, -0.2) is 6.54 Å². The van der Waals surface area contributed by atoms with Gasteiger partial charge in [-0.05, 0) is 37.3 Å². The molecule has 0 aromatic heterocycles. The first kappa shape index (κ1) is 10.8. The molecule has 66 valence electrons. The molecule has 1 nitrogen and oxygen atoms in total. The topological polar surface area (TPSA) is 26.0 Å². The van der Waals surface area contributed by atoms with Crippen LogP contribution < -0.4 is 5.73 Å². The summed E-state index contributed by atoms with van der Waals surface area (Å²) < 4.78 is 23.5. The average molecular weight is 184 g/mol. The van der Waals surface area contributed by atoms with Gasteiger partial charge in [0.1, 0.15) is 0 Å². The van der Waals surface area contributed by atoms with Crippen molar-refractivity contribution in [3.05, 3.63) is 11.7 Å². The minimum atomic E-state index is -1.48. The van der Waals surface area contributed by atoms with Crippen LogP contribution in [0.15, 0.2) is 11.7 Å². The zero-order valence-electron chi connectivity index (χ0n) is 6.15. The van der Waals surface area contributed by atoms with Gasteiger partial charge >= 0.3 is 0 Å². The third-order valence-corrected chi connectivity index (χ3v) is 1.91. The van der Waals surface area contributed by atoms with Gasteiger partial charge in [-0.3, -0.25) is 0 Å². The predicted octanol–water partition coefficient (Wildman–Crippen LogP) is 2.32. The second-order valence-electron chi connectivity index (χ2n) is 2.72. The predicted molar refractivity (Wildman–Crippen MR) is 42.9 cm³/mol. The minimum absolute atomic E-state index is 0. The monoisotopic (exact) mass is 183 g/mol. The lowest BCUT2D eigenvalue weighted by atomic mass is 9.79. The van der Waals surface area contributed by atoms with E-state index in [1.165, 1.54) is 0 Å². The third kappa shape index (κ3) is 2.75. The lowest BCUT2D eigenvalue weighted by molar-refractivity contribution is 0.329. The first-order valence-corrected chi connectivity index (χ1v) is 3.47. The van der Waals surface area contributed by atoms with Gasteiger partial charge in [-0.2, -0.15) is 8.78 Å². The van der Waals surface area contributed by atoms with E-state index in [-0.39, 0.29) is 12.4 Å². The Morgan fingerprint density at radius 2 is 2.00 bits per heavy atom. The Morgan fingerprint density at radius 3 is 2.36 bits per heavy atom. The summed E-state index contributed by atoms with van der Waals surface area (Å²) in [6.07, 6.45) is 0.545. The Morgan fingerprint density at radius 1 is 1.45 bits per heavy atom. The molecule has 1 rings (SSSR count). The van der Waals surface area contributed by atoms with Crippen molar-refractivity contribution in [1.82, 2.24) is 0 Å². The van der Waals surface area contributed by atoms with Gasteiger partial charge in [0.2, 0.25) is 0 Å². The van der Waals surface area contributed by atoms with Gasteiger partial charge in [-0.15, -0.1) is 12.4 Å². The fourth-order valence-corrected chi connectivity index (χ4v) is 1.23. The second kappa shape index (κ2) is 4.67. The van der Waals surface area contributed by atoms with E-state index in [1.807, 2.05) is 0 Å². The maximum absolute atomic E-state index is 11.7. The van der Waals surface area contributed by atoms with Crippen molar-refractivity contribution in [3.63, 3.8) is 0 Å². The van der Waals surface area contributed by atoms with E-state index in [2.05, 4.69) is 0 Å². The Balaban J connectivity index is 0.000001000. The van der Waals surface area contributed by atoms with E-state index in [0.29, 0.717) is 30.9 Å². The maximum atomic E-state index is 11.7. The summed E-state index contributed by atoms with van der Waals surface area (Å²) in [5.41, 5.74) is 5.59. The SMILES string of the molecule is Cl.NCCC1CC(=C(F)F)C1. The highest BCUT2D eigenvalue weighted by Crippen LogP contribution is 2.37. The molecule has 11 heavy (non-hydrogen) atoms. The molecular weight excluding hydrogens is 172 g/mol. The summed E-state index contributed by atoms with van der Waals surface area (Å²) in [5.74, 6) is 0.432. The summed E-state index contributed by atoms with van der Waals surface area (Å²) in [6, 6.07) is 0. The molecule has 0 spiro atoms. The molecule has 1 aliphatic rings. The highest BCUT2D eigenvalue weighted by Gasteiger charge is 2.25. The first-order chi connectivity index (χ1) is 4.74. The lowest BCUT2D eigenvalue weighted by Crippen LogP contribution is -2.18. The van der Waals surface area contributed by atoms with Crippen LogP contribution in [0.4, 0.5) is 8.78 Å². The lowest BCUT2D eigenvalue weighted by Gasteiger charge is -2.27. The molecule has 0 radical (unpaired) electrons. The van der Waals surface area contributed by atoms with E-state index < -0.39 is 6.08 Å². The quantitative estimate of drug-likeness (QED) is 0.699.